The number of pyridine rings is 1. The highest BCUT2D eigenvalue weighted by molar-refractivity contribution is 9.10. The van der Waals surface area contributed by atoms with Crippen LogP contribution in [0.25, 0.3) is 10.9 Å². The van der Waals surface area contributed by atoms with Crippen LogP contribution in [0.2, 0.25) is 5.02 Å². The second-order valence-corrected chi connectivity index (χ2v) is 4.72. The molecule has 1 aromatic heterocycles. The zero-order valence-corrected chi connectivity index (χ0v) is 11.7. The highest BCUT2D eigenvalue weighted by Gasteiger charge is 2.16. The van der Waals surface area contributed by atoms with Crippen molar-refractivity contribution in [2.24, 2.45) is 0 Å². The van der Waals surface area contributed by atoms with Crippen LogP contribution in [0.3, 0.4) is 0 Å². The van der Waals surface area contributed by atoms with Crippen molar-refractivity contribution >= 4 is 44.4 Å². The Morgan fingerprint density at radius 2 is 2.28 bits per heavy atom. The lowest BCUT2D eigenvalue weighted by Crippen LogP contribution is -2.06. The highest BCUT2D eigenvalue weighted by atomic mass is 79.9. The monoisotopic (exact) mass is 331 g/mol. The first kappa shape index (κ1) is 13.2. The Bertz CT molecular complexity index is 633. The molecule has 0 saturated heterocycles. The van der Waals surface area contributed by atoms with E-state index in [4.69, 9.17) is 16.3 Å². The molecule has 0 atom stereocenters. The Morgan fingerprint density at radius 3 is 2.94 bits per heavy atom. The summed E-state index contributed by atoms with van der Waals surface area (Å²) in [6.45, 7) is 1.96. The van der Waals surface area contributed by atoms with E-state index in [1.165, 1.54) is 12.3 Å². The first-order valence-electron chi connectivity index (χ1n) is 5.15. The number of esters is 1. The van der Waals surface area contributed by atoms with Gasteiger partial charge in [-0.2, -0.15) is 0 Å². The molecule has 0 aliphatic rings. The van der Waals surface area contributed by atoms with E-state index in [-0.39, 0.29) is 22.7 Å². The van der Waals surface area contributed by atoms with E-state index in [1.807, 2.05) is 0 Å². The lowest BCUT2D eigenvalue weighted by molar-refractivity contribution is 0.0525. The number of benzene rings is 1. The second kappa shape index (κ2) is 5.20. The van der Waals surface area contributed by atoms with Gasteiger partial charge in [-0.25, -0.2) is 9.18 Å². The molecule has 2 aromatic rings. The molecule has 18 heavy (non-hydrogen) atoms. The Morgan fingerprint density at radius 1 is 1.56 bits per heavy atom. The van der Waals surface area contributed by atoms with Gasteiger partial charge in [0.25, 0.3) is 0 Å². The van der Waals surface area contributed by atoms with Crippen LogP contribution < -0.4 is 0 Å². The quantitative estimate of drug-likeness (QED) is 0.781. The molecule has 0 saturated carbocycles. The molecule has 6 heteroatoms. The van der Waals surface area contributed by atoms with Crippen molar-refractivity contribution < 1.29 is 13.9 Å². The summed E-state index contributed by atoms with van der Waals surface area (Å²) in [5.41, 5.74) is 0.394. The van der Waals surface area contributed by atoms with Crippen LogP contribution in [0.1, 0.15) is 17.3 Å². The second-order valence-electron chi connectivity index (χ2n) is 3.49. The largest absolute Gasteiger partial charge is 0.462 e. The lowest BCUT2D eigenvalue weighted by atomic mass is 10.1. The Kier molecular flexibility index (Phi) is 3.82. The predicted molar refractivity (Wildman–Crippen MR) is 70.4 cm³/mol. The minimum Gasteiger partial charge on any atom is -0.462 e. The molecule has 0 aliphatic heterocycles. The number of carbonyl (C=O) groups excluding carboxylic acids is 1. The van der Waals surface area contributed by atoms with Gasteiger partial charge in [-0.15, -0.1) is 0 Å². The fraction of sp³-hybridized carbons (Fsp3) is 0.167. The topological polar surface area (TPSA) is 39.2 Å². The van der Waals surface area contributed by atoms with E-state index in [9.17, 15) is 9.18 Å². The lowest BCUT2D eigenvalue weighted by Gasteiger charge is -2.07. The van der Waals surface area contributed by atoms with Gasteiger partial charge in [-0.3, -0.25) is 4.98 Å². The van der Waals surface area contributed by atoms with Crippen molar-refractivity contribution in [1.29, 1.82) is 0 Å². The Balaban J connectivity index is 2.67. The van der Waals surface area contributed by atoms with Gasteiger partial charge in [0.2, 0.25) is 0 Å². The molecule has 0 aliphatic carbocycles. The maximum absolute atomic E-state index is 13.6. The van der Waals surface area contributed by atoms with Crippen LogP contribution in [0.5, 0.6) is 0 Å². The Hall–Kier alpha value is -1.20. The molecule has 3 nitrogen and oxygen atoms in total. The summed E-state index contributed by atoms with van der Waals surface area (Å²) in [5.74, 6) is -1.05. The van der Waals surface area contributed by atoms with Crippen molar-refractivity contribution in [3.63, 3.8) is 0 Å². The highest BCUT2D eigenvalue weighted by Crippen LogP contribution is 2.30. The van der Waals surface area contributed by atoms with Crippen LogP contribution in [0.4, 0.5) is 4.39 Å². The van der Waals surface area contributed by atoms with Crippen LogP contribution in [0, 0.1) is 5.82 Å². The van der Waals surface area contributed by atoms with Crippen molar-refractivity contribution in [3.05, 3.63) is 39.2 Å². The number of halogens is 3. The molecule has 0 amide bonds. The van der Waals surface area contributed by atoms with Crippen molar-refractivity contribution in [1.82, 2.24) is 4.98 Å². The predicted octanol–water partition coefficient (Wildman–Crippen LogP) is 3.97. The van der Waals surface area contributed by atoms with Gasteiger partial charge in [0.1, 0.15) is 5.52 Å². The third-order valence-electron chi connectivity index (χ3n) is 2.32. The number of hydrogen-bond donors (Lipinski definition) is 0. The van der Waals surface area contributed by atoms with E-state index in [0.717, 1.165) is 0 Å². The third-order valence-corrected chi connectivity index (χ3v) is 3.39. The molecule has 1 heterocycles. The molecule has 1 aromatic carbocycles. The summed E-state index contributed by atoms with van der Waals surface area (Å²) in [6.07, 6.45) is 1.28. The zero-order valence-electron chi connectivity index (χ0n) is 9.34. The first-order valence-corrected chi connectivity index (χ1v) is 6.32. The van der Waals surface area contributed by atoms with Crippen molar-refractivity contribution in [3.8, 4) is 0 Å². The summed E-state index contributed by atoms with van der Waals surface area (Å²) in [4.78, 5) is 15.6. The van der Waals surface area contributed by atoms with Gasteiger partial charge < -0.3 is 4.74 Å². The van der Waals surface area contributed by atoms with Gasteiger partial charge in [0.05, 0.1) is 12.2 Å². The number of aromatic nitrogens is 1. The van der Waals surface area contributed by atoms with Gasteiger partial charge in [-0.1, -0.05) is 11.6 Å². The van der Waals surface area contributed by atoms with Crippen molar-refractivity contribution in [2.75, 3.05) is 6.61 Å². The fourth-order valence-corrected chi connectivity index (χ4v) is 2.32. The summed E-state index contributed by atoms with van der Waals surface area (Å²) in [7, 11) is 0. The molecular weight excluding hydrogens is 324 g/mol. The van der Waals surface area contributed by atoms with E-state index in [0.29, 0.717) is 9.86 Å². The van der Waals surface area contributed by atoms with Crippen molar-refractivity contribution in [2.45, 2.75) is 6.92 Å². The molecule has 0 unspecified atom stereocenters. The van der Waals surface area contributed by atoms with Gasteiger partial charge in [0.15, 0.2) is 5.82 Å². The number of rotatable bonds is 2. The number of fused-ring (bicyclic) bond motifs is 1. The maximum Gasteiger partial charge on any atom is 0.340 e. The number of carbonyl (C=O) groups is 1. The van der Waals surface area contributed by atoms with Gasteiger partial charge in [-0.05, 0) is 35.0 Å². The van der Waals surface area contributed by atoms with Crippen LogP contribution in [0.15, 0.2) is 22.8 Å². The fourth-order valence-electron chi connectivity index (χ4n) is 1.55. The smallest absolute Gasteiger partial charge is 0.340 e. The summed E-state index contributed by atoms with van der Waals surface area (Å²) < 4.78 is 18.9. The molecule has 0 bridgehead atoms. The van der Waals surface area contributed by atoms with E-state index >= 15 is 0 Å². The summed E-state index contributed by atoms with van der Waals surface area (Å²) >= 11 is 9.04. The summed E-state index contributed by atoms with van der Waals surface area (Å²) in [5, 5.41) is 0.675. The van der Waals surface area contributed by atoms with E-state index < -0.39 is 11.8 Å². The first-order chi connectivity index (χ1) is 8.54. The molecule has 0 N–H and O–H groups in total. The average Bonchev–Trinajstić information content (AvgIpc) is 2.30. The van der Waals surface area contributed by atoms with Crippen LogP contribution in [-0.2, 0) is 4.74 Å². The normalized spacial score (nSPS) is 10.7. The third kappa shape index (κ3) is 2.33. The SMILES string of the molecule is CCOC(=O)c1cnc2c(F)cc(Cl)cc2c1Br. The zero-order chi connectivity index (χ0) is 13.3. The minimum absolute atomic E-state index is 0.152. The average molecular weight is 333 g/mol. The molecule has 0 spiro atoms. The molecular formula is C12H8BrClFNO2. The summed E-state index contributed by atoms with van der Waals surface area (Å²) in [6, 6.07) is 2.72. The van der Waals surface area contributed by atoms with Crippen LogP contribution >= 0.6 is 27.5 Å². The Labute approximate surface area is 116 Å². The van der Waals surface area contributed by atoms with Crippen LogP contribution in [-0.4, -0.2) is 17.6 Å². The number of hydrogen-bond acceptors (Lipinski definition) is 3. The van der Waals surface area contributed by atoms with E-state index in [2.05, 4.69) is 20.9 Å². The number of ether oxygens (including phenoxy) is 1. The van der Waals surface area contributed by atoms with Gasteiger partial charge >= 0.3 is 5.97 Å². The van der Waals surface area contributed by atoms with Gasteiger partial charge in [0, 0.05) is 21.1 Å². The number of nitrogens with zero attached hydrogens (tertiary/aromatic N) is 1. The molecule has 2 rings (SSSR count). The van der Waals surface area contributed by atoms with E-state index in [1.54, 1.807) is 13.0 Å². The standard InChI is InChI=1S/C12H8BrClFNO2/c1-2-18-12(17)8-5-16-11-7(10(8)13)3-6(14)4-9(11)15/h3-5H,2H2,1H3. The minimum atomic E-state index is -0.534. The maximum atomic E-state index is 13.6. The molecule has 94 valence electrons. The molecule has 0 radical (unpaired) electrons. The molecule has 0 fully saturated rings.